The SMILES string of the molecule is CC1=CN2C(=O)C(NC(=O)COc3ccccc3)[C@H]2SC1. The summed E-state index contributed by atoms with van der Waals surface area (Å²) in [5.74, 6) is 1.20. The highest BCUT2D eigenvalue weighted by Crippen LogP contribution is 2.35. The van der Waals surface area contributed by atoms with Gasteiger partial charge in [-0.3, -0.25) is 9.59 Å². The van der Waals surface area contributed by atoms with E-state index in [0.29, 0.717) is 5.75 Å². The summed E-state index contributed by atoms with van der Waals surface area (Å²) < 4.78 is 5.37. The van der Waals surface area contributed by atoms with Crippen LogP contribution in [-0.4, -0.2) is 40.5 Å². The lowest BCUT2D eigenvalue weighted by Gasteiger charge is -2.47. The Morgan fingerprint density at radius 2 is 2.19 bits per heavy atom. The van der Waals surface area contributed by atoms with Crippen LogP contribution in [0.3, 0.4) is 0 Å². The van der Waals surface area contributed by atoms with Crippen molar-refractivity contribution >= 4 is 23.6 Å². The van der Waals surface area contributed by atoms with Crippen molar-refractivity contribution in [2.24, 2.45) is 0 Å². The average molecular weight is 304 g/mol. The highest BCUT2D eigenvalue weighted by atomic mass is 32.2. The predicted octanol–water partition coefficient (Wildman–Crippen LogP) is 1.37. The van der Waals surface area contributed by atoms with Gasteiger partial charge in [-0.1, -0.05) is 18.2 Å². The van der Waals surface area contributed by atoms with E-state index in [9.17, 15) is 9.59 Å². The molecule has 6 heteroatoms. The fourth-order valence-electron chi connectivity index (χ4n) is 2.31. The van der Waals surface area contributed by atoms with E-state index in [1.54, 1.807) is 28.8 Å². The number of carbonyl (C=O) groups excluding carboxylic acids is 2. The van der Waals surface area contributed by atoms with E-state index in [0.717, 1.165) is 5.75 Å². The van der Waals surface area contributed by atoms with Gasteiger partial charge in [0, 0.05) is 12.0 Å². The summed E-state index contributed by atoms with van der Waals surface area (Å²) in [6.45, 7) is 1.91. The van der Waals surface area contributed by atoms with Gasteiger partial charge in [-0.2, -0.15) is 0 Å². The summed E-state index contributed by atoms with van der Waals surface area (Å²) >= 11 is 1.67. The zero-order valence-corrected chi connectivity index (χ0v) is 12.4. The number of hydrogen-bond donors (Lipinski definition) is 1. The van der Waals surface area contributed by atoms with E-state index >= 15 is 0 Å². The third-order valence-electron chi connectivity index (χ3n) is 3.35. The first-order chi connectivity index (χ1) is 10.1. The predicted molar refractivity (Wildman–Crippen MR) is 80.7 cm³/mol. The molecule has 2 aliphatic rings. The summed E-state index contributed by atoms with van der Waals surface area (Å²) in [5, 5.41) is 2.76. The number of hydrogen-bond acceptors (Lipinski definition) is 4. The molecule has 1 aromatic rings. The minimum atomic E-state index is -0.439. The Balaban J connectivity index is 1.51. The number of thioether (sulfide) groups is 1. The lowest BCUT2D eigenvalue weighted by molar-refractivity contribution is -0.145. The average Bonchev–Trinajstić information content (AvgIpc) is 2.51. The monoisotopic (exact) mass is 304 g/mol. The van der Waals surface area contributed by atoms with Gasteiger partial charge in [-0.15, -0.1) is 11.8 Å². The van der Waals surface area contributed by atoms with Crippen LogP contribution in [0.25, 0.3) is 0 Å². The maximum atomic E-state index is 12.0. The van der Waals surface area contributed by atoms with Crippen LogP contribution in [0.15, 0.2) is 42.1 Å². The van der Waals surface area contributed by atoms with Crippen LogP contribution in [0.4, 0.5) is 0 Å². The lowest BCUT2D eigenvalue weighted by Crippen LogP contribution is -2.68. The van der Waals surface area contributed by atoms with Crippen molar-refractivity contribution in [2.75, 3.05) is 12.4 Å². The third-order valence-corrected chi connectivity index (χ3v) is 4.81. The first-order valence-electron chi connectivity index (χ1n) is 6.73. The zero-order valence-electron chi connectivity index (χ0n) is 11.6. The van der Waals surface area contributed by atoms with Crippen molar-refractivity contribution in [3.8, 4) is 5.75 Å². The van der Waals surface area contributed by atoms with Crippen LogP contribution < -0.4 is 10.1 Å². The fourth-order valence-corrected chi connectivity index (χ4v) is 3.52. The topological polar surface area (TPSA) is 58.6 Å². The van der Waals surface area contributed by atoms with Crippen molar-refractivity contribution in [2.45, 2.75) is 18.3 Å². The molecule has 0 saturated carbocycles. The first-order valence-corrected chi connectivity index (χ1v) is 7.78. The van der Waals surface area contributed by atoms with Gasteiger partial charge in [0.05, 0.1) is 0 Å². The molecule has 0 radical (unpaired) electrons. The number of amides is 2. The Hall–Kier alpha value is -1.95. The van der Waals surface area contributed by atoms with Gasteiger partial charge in [0.1, 0.15) is 17.2 Å². The van der Waals surface area contributed by atoms with Gasteiger partial charge in [0.25, 0.3) is 11.8 Å². The van der Waals surface area contributed by atoms with Crippen molar-refractivity contribution in [3.05, 3.63) is 42.1 Å². The Morgan fingerprint density at radius 1 is 1.43 bits per heavy atom. The molecule has 2 atom stereocenters. The third kappa shape index (κ3) is 2.90. The van der Waals surface area contributed by atoms with Crippen LogP contribution in [0.2, 0.25) is 0 Å². The largest absolute Gasteiger partial charge is 0.484 e. The van der Waals surface area contributed by atoms with Crippen LogP contribution in [0.5, 0.6) is 5.75 Å². The Kier molecular flexibility index (Phi) is 3.88. The number of ether oxygens (including phenoxy) is 1. The zero-order chi connectivity index (χ0) is 14.8. The number of nitrogens with one attached hydrogen (secondary N) is 1. The summed E-state index contributed by atoms with van der Waals surface area (Å²) in [6, 6.07) is 8.69. The highest BCUT2D eigenvalue weighted by molar-refractivity contribution is 8.00. The van der Waals surface area contributed by atoms with Crippen LogP contribution in [0.1, 0.15) is 6.92 Å². The second-order valence-corrected chi connectivity index (χ2v) is 6.17. The van der Waals surface area contributed by atoms with Crippen molar-refractivity contribution in [1.29, 1.82) is 0 Å². The molecule has 1 N–H and O–H groups in total. The molecule has 3 rings (SSSR count). The number of fused-ring (bicyclic) bond motifs is 1. The molecule has 2 amide bonds. The van der Waals surface area contributed by atoms with Crippen molar-refractivity contribution in [3.63, 3.8) is 0 Å². The summed E-state index contributed by atoms with van der Waals surface area (Å²) in [5.41, 5.74) is 1.17. The van der Waals surface area contributed by atoms with E-state index in [1.165, 1.54) is 5.57 Å². The summed E-state index contributed by atoms with van der Waals surface area (Å²) in [4.78, 5) is 25.5. The molecule has 0 aliphatic carbocycles. The number of rotatable bonds is 4. The van der Waals surface area contributed by atoms with E-state index in [-0.39, 0.29) is 23.8 Å². The smallest absolute Gasteiger partial charge is 0.258 e. The molecule has 0 spiro atoms. The number of benzene rings is 1. The molecule has 21 heavy (non-hydrogen) atoms. The normalized spacial score (nSPS) is 23.8. The fraction of sp³-hybridized carbons (Fsp3) is 0.333. The molecule has 110 valence electrons. The van der Waals surface area contributed by atoms with E-state index in [1.807, 2.05) is 31.3 Å². The second-order valence-electron chi connectivity index (χ2n) is 5.07. The van der Waals surface area contributed by atoms with Gasteiger partial charge in [0.15, 0.2) is 6.61 Å². The maximum Gasteiger partial charge on any atom is 0.258 e. The number of β-lactam (4-membered cyclic amide) rings is 1. The summed E-state index contributed by atoms with van der Waals surface area (Å²) in [6.07, 6.45) is 1.87. The van der Waals surface area contributed by atoms with Crippen LogP contribution in [0, 0.1) is 0 Å². The first kappa shape index (κ1) is 14.0. The quantitative estimate of drug-likeness (QED) is 0.854. The maximum absolute atomic E-state index is 12.0. The molecule has 1 aromatic carbocycles. The molecule has 1 saturated heterocycles. The van der Waals surface area contributed by atoms with E-state index < -0.39 is 6.04 Å². The van der Waals surface area contributed by atoms with Gasteiger partial charge >= 0.3 is 0 Å². The molecule has 1 fully saturated rings. The number of para-hydroxylation sites is 1. The second kappa shape index (κ2) is 5.81. The van der Waals surface area contributed by atoms with Gasteiger partial charge < -0.3 is 15.0 Å². The molecular weight excluding hydrogens is 288 g/mol. The van der Waals surface area contributed by atoms with Gasteiger partial charge in [-0.05, 0) is 24.6 Å². The molecule has 0 bridgehead atoms. The van der Waals surface area contributed by atoms with Gasteiger partial charge in [0.2, 0.25) is 0 Å². The van der Waals surface area contributed by atoms with Crippen molar-refractivity contribution < 1.29 is 14.3 Å². The minimum absolute atomic E-state index is 0.0156. The Labute approximate surface area is 127 Å². The highest BCUT2D eigenvalue weighted by Gasteiger charge is 2.48. The van der Waals surface area contributed by atoms with E-state index in [4.69, 9.17) is 4.74 Å². The van der Waals surface area contributed by atoms with Gasteiger partial charge in [-0.25, -0.2) is 0 Å². The molecule has 5 nitrogen and oxygen atoms in total. The Morgan fingerprint density at radius 3 is 2.95 bits per heavy atom. The molecule has 1 unspecified atom stereocenters. The minimum Gasteiger partial charge on any atom is -0.484 e. The molecule has 2 heterocycles. The van der Waals surface area contributed by atoms with E-state index in [2.05, 4.69) is 5.32 Å². The molecule has 2 aliphatic heterocycles. The lowest BCUT2D eigenvalue weighted by atomic mass is 10.1. The molecule has 0 aromatic heterocycles. The Bertz CT molecular complexity index is 588. The summed E-state index contributed by atoms with van der Waals surface area (Å²) in [7, 11) is 0. The van der Waals surface area contributed by atoms with Crippen molar-refractivity contribution in [1.82, 2.24) is 10.2 Å². The number of nitrogens with zero attached hydrogens (tertiary/aromatic N) is 1. The number of carbonyl (C=O) groups is 2. The van der Waals surface area contributed by atoms with Crippen LogP contribution in [-0.2, 0) is 9.59 Å². The van der Waals surface area contributed by atoms with Crippen LogP contribution >= 0.6 is 11.8 Å². The standard InChI is InChI=1S/C15H16N2O3S/c1-10-7-17-14(19)13(15(17)21-9-10)16-12(18)8-20-11-5-3-2-4-6-11/h2-7,13,15H,8-9H2,1H3,(H,16,18)/t13?,15-/m1/s1. The molecular formula is C15H16N2O3S.